The maximum absolute atomic E-state index is 9.94. The lowest BCUT2D eigenvalue weighted by molar-refractivity contribution is -0.0435. The molecule has 0 amide bonds. The highest BCUT2D eigenvalue weighted by Crippen LogP contribution is 2.27. The van der Waals surface area contributed by atoms with E-state index in [0.717, 1.165) is 32.7 Å². The molecule has 0 aromatic rings. The number of aliphatic hydroxyl groups is 1. The van der Waals surface area contributed by atoms with Crippen LogP contribution < -0.4 is 0 Å². The first-order chi connectivity index (χ1) is 8.25. The molecule has 1 aliphatic heterocycles. The Labute approximate surface area is 104 Å². The summed E-state index contributed by atoms with van der Waals surface area (Å²) in [5.74, 6) is 0.658. The first-order valence-electron chi connectivity index (χ1n) is 6.85. The van der Waals surface area contributed by atoms with Crippen LogP contribution >= 0.6 is 0 Å². The lowest BCUT2D eigenvalue weighted by Gasteiger charge is -2.29. The number of ether oxygens (including phenoxy) is 2. The molecule has 3 atom stereocenters. The molecule has 0 bridgehead atoms. The monoisotopic (exact) mass is 243 g/mol. The topological polar surface area (TPSA) is 41.9 Å². The predicted molar refractivity (Wildman–Crippen MR) is 66.0 cm³/mol. The van der Waals surface area contributed by atoms with Crippen LogP contribution in [0.15, 0.2) is 0 Å². The third kappa shape index (κ3) is 4.21. The molecule has 0 aromatic heterocycles. The normalized spacial score (nSPS) is 32.8. The molecule has 100 valence electrons. The number of hydrogen-bond donors (Lipinski definition) is 1. The van der Waals surface area contributed by atoms with Gasteiger partial charge in [0, 0.05) is 19.6 Å². The highest BCUT2D eigenvalue weighted by Gasteiger charge is 2.25. The molecule has 3 unspecified atom stereocenters. The molecule has 1 heterocycles. The van der Waals surface area contributed by atoms with E-state index in [1.165, 1.54) is 12.8 Å². The Balaban J connectivity index is 1.61. The largest absolute Gasteiger partial charge is 0.389 e. The molecule has 2 rings (SSSR count). The standard InChI is InChI=1S/C13H25NO3/c1-11-3-2-4-13(11)17-10-12(15)9-14-5-7-16-8-6-14/h11-13,15H,2-10H2,1H3. The summed E-state index contributed by atoms with van der Waals surface area (Å²) in [6.45, 7) is 6.86. The van der Waals surface area contributed by atoms with Crippen LogP contribution in [0.5, 0.6) is 0 Å². The van der Waals surface area contributed by atoms with Crippen molar-refractivity contribution in [3.63, 3.8) is 0 Å². The number of aliphatic hydroxyl groups excluding tert-OH is 1. The number of hydrogen-bond acceptors (Lipinski definition) is 4. The molecule has 0 aromatic carbocycles. The fraction of sp³-hybridized carbons (Fsp3) is 1.00. The van der Waals surface area contributed by atoms with Crippen LogP contribution in [-0.2, 0) is 9.47 Å². The third-order valence-electron chi connectivity index (χ3n) is 3.86. The van der Waals surface area contributed by atoms with E-state index in [-0.39, 0.29) is 6.10 Å². The van der Waals surface area contributed by atoms with Gasteiger partial charge in [-0.3, -0.25) is 4.90 Å². The van der Waals surface area contributed by atoms with Gasteiger partial charge in [0.05, 0.1) is 32.0 Å². The van der Waals surface area contributed by atoms with E-state index in [0.29, 0.717) is 25.2 Å². The fourth-order valence-corrected chi connectivity index (χ4v) is 2.73. The molecular formula is C13H25NO3. The van der Waals surface area contributed by atoms with Gasteiger partial charge in [-0.2, -0.15) is 0 Å². The minimum Gasteiger partial charge on any atom is -0.389 e. The molecule has 4 nitrogen and oxygen atoms in total. The van der Waals surface area contributed by atoms with Crippen LogP contribution in [0.1, 0.15) is 26.2 Å². The van der Waals surface area contributed by atoms with E-state index in [9.17, 15) is 5.11 Å². The maximum atomic E-state index is 9.94. The average molecular weight is 243 g/mol. The highest BCUT2D eigenvalue weighted by molar-refractivity contribution is 4.75. The Kier molecular flexibility index (Phi) is 5.22. The Morgan fingerprint density at radius 3 is 2.76 bits per heavy atom. The summed E-state index contributed by atoms with van der Waals surface area (Å²) < 4.78 is 11.1. The molecule has 17 heavy (non-hydrogen) atoms. The summed E-state index contributed by atoms with van der Waals surface area (Å²) in [6, 6.07) is 0. The van der Waals surface area contributed by atoms with Crippen LogP contribution in [0.2, 0.25) is 0 Å². The van der Waals surface area contributed by atoms with Gasteiger partial charge < -0.3 is 14.6 Å². The molecule has 2 fully saturated rings. The quantitative estimate of drug-likeness (QED) is 0.778. The van der Waals surface area contributed by atoms with Gasteiger partial charge >= 0.3 is 0 Å². The number of nitrogens with zero attached hydrogens (tertiary/aromatic N) is 1. The zero-order valence-corrected chi connectivity index (χ0v) is 10.8. The first-order valence-corrected chi connectivity index (χ1v) is 6.85. The molecule has 1 saturated carbocycles. The predicted octanol–water partition coefficient (Wildman–Crippen LogP) is 0.885. The van der Waals surface area contributed by atoms with Crippen LogP contribution in [0.25, 0.3) is 0 Å². The summed E-state index contributed by atoms with van der Waals surface area (Å²) in [6.07, 6.45) is 3.70. The summed E-state index contributed by atoms with van der Waals surface area (Å²) in [4.78, 5) is 2.25. The summed E-state index contributed by atoms with van der Waals surface area (Å²) in [5, 5.41) is 9.94. The van der Waals surface area contributed by atoms with Crippen molar-refractivity contribution in [1.82, 2.24) is 4.90 Å². The van der Waals surface area contributed by atoms with Gasteiger partial charge in [-0.05, 0) is 18.8 Å². The number of β-amino-alcohol motifs (C(OH)–C–C–N with tert-alkyl or cyclic N) is 1. The molecular weight excluding hydrogens is 218 g/mol. The van der Waals surface area contributed by atoms with Crippen LogP contribution in [-0.4, -0.2) is 61.7 Å². The Morgan fingerprint density at radius 1 is 1.35 bits per heavy atom. The van der Waals surface area contributed by atoms with Gasteiger partial charge in [0.1, 0.15) is 0 Å². The molecule has 0 spiro atoms. The van der Waals surface area contributed by atoms with Crippen molar-refractivity contribution in [3.8, 4) is 0 Å². The van der Waals surface area contributed by atoms with Crippen molar-refractivity contribution in [2.24, 2.45) is 5.92 Å². The van der Waals surface area contributed by atoms with Crippen molar-refractivity contribution in [2.45, 2.75) is 38.4 Å². The number of rotatable bonds is 5. The molecule has 1 saturated heterocycles. The van der Waals surface area contributed by atoms with E-state index < -0.39 is 0 Å². The lowest BCUT2D eigenvalue weighted by atomic mass is 10.1. The third-order valence-corrected chi connectivity index (χ3v) is 3.86. The molecule has 1 aliphatic carbocycles. The minimum absolute atomic E-state index is 0.360. The van der Waals surface area contributed by atoms with Gasteiger partial charge in [-0.15, -0.1) is 0 Å². The summed E-state index contributed by atoms with van der Waals surface area (Å²) >= 11 is 0. The van der Waals surface area contributed by atoms with E-state index in [1.807, 2.05) is 0 Å². The summed E-state index contributed by atoms with van der Waals surface area (Å²) in [5.41, 5.74) is 0. The van der Waals surface area contributed by atoms with Crippen molar-refractivity contribution in [3.05, 3.63) is 0 Å². The Morgan fingerprint density at radius 2 is 2.12 bits per heavy atom. The SMILES string of the molecule is CC1CCCC1OCC(O)CN1CCOCC1. The summed E-state index contributed by atoms with van der Waals surface area (Å²) in [7, 11) is 0. The minimum atomic E-state index is -0.360. The van der Waals surface area contributed by atoms with Crippen LogP contribution in [0, 0.1) is 5.92 Å². The first kappa shape index (κ1) is 13.3. The van der Waals surface area contributed by atoms with E-state index >= 15 is 0 Å². The second kappa shape index (κ2) is 6.69. The molecule has 0 radical (unpaired) electrons. The second-order valence-corrected chi connectivity index (χ2v) is 5.35. The van der Waals surface area contributed by atoms with Gasteiger partial charge in [0.2, 0.25) is 0 Å². The van der Waals surface area contributed by atoms with E-state index in [4.69, 9.17) is 9.47 Å². The smallest absolute Gasteiger partial charge is 0.0900 e. The van der Waals surface area contributed by atoms with E-state index in [2.05, 4.69) is 11.8 Å². The van der Waals surface area contributed by atoms with Crippen molar-refractivity contribution in [1.29, 1.82) is 0 Å². The molecule has 4 heteroatoms. The average Bonchev–Trinajstić information content (AvgIpc) is 2.74. The van der Waals surface area contributed by atoms with Gasteiger partial charge in [0.15, 0.2) is 0 Å². The Bertz CT molecular complexity index is 219. The second-order valence-electron chi connectivity index (χ2n) is 5.35. The van der Waals surface area contributed by atoms with Crippen LogP contribution in [0.4, 0.5) is 0 Å². The lowest BCUT2D eigenvalue weighted by Crippen LogP contribution is -2.42. The molecule has 1 N–H and O–H groups in total. The zero-order chi connectivity index (χ0) is 12.1. The Hall–Kier alpha value is -0.160. The number of morpholine rings is 1. The van der Waals surface area contributed by atoms with E-state index in [1.54, 1.807) is 0 Å². The van der Waals surface area contributed by atoms with Gasteiger partial charge in [0.25, 0.3) is 0 Å². The highest BCUT2D eigenvalue weighted by atomic mass is 16.5. The zero-order valence-electron chi connectivity index (χ0n) is 10.8. The van der Waals surface area contributed by atoms with Crippen molar-refractivity contribution >= 4 is 0 Å². The maximum Gasteiger partial charge on any atom is 0.0900 e. The molecule has 2 aliphatic rings. The van der Waals surface area contributed by atoms with Gasteiger partial charge in [-0.25, -0.2) is 0 Å². The van der Waals surface area contributed by atoms with Crippen molar-refractivity contribution in [2.75, 3.05) is 39.5 Å². The van der Waals surface area contributed by atoms with Crippen molar-refractivity contribution < 1.29 is 14.6 Å². The van der Waals surface area contributed by atoms with Gasteiger partial charge in [-0.1, -0.05) is 13.3 Å². The fourth-order valence-electron chi connectivity index (χ4n) is 2.73. The van der Waals surface area contributed by atoms with Crippen LogP contribution in [0.3, 0.4) is 0 Å².